The first kappa shape index (κ1) is 9.18. The van der Waals surface area contributed by atoms with E-state index in [2.05, 4.69) is 0 Å². The Kier molecular flexibility index (Phi) is 3.50. The third-order valence-corrected chi connectivity index (χ3v) is 2.61. The van der Waals surface area contributed by atoms with Crippen molar-refractivity contribution < 1.29 is 0 Å². The van der Waals surface area contributed by atoms with E-state index in [0.717, 1.165) is 5.56 Å². The second-order valence-electron chi connectivity index (χ2n) is 2.15. The fraction of sp³-hybridized carbons (Fsp3) is 0.250. The van der Waals surface area contributed by atoms with Crippen LogP contribution in [0.4, 0.5) is 0 Å². The highest BCUT2D eigenvalue weighted by atomic mass is 35.5. The van der Waals surface area contributed by atoms with Gasteiger partial charge in [-0.15, -0.1) is 34.8 Å². The van der Waals surface area contributed by atoms with Gasteiger partial charge in [0.25, 0.3) is 0 Å². The molecule has 1 aromatic rings. The minimum atomic E-state index is -0.556. The van der Waals surface area contributed by atoms with Crippen LogP contribution in [0.1, 0.15) is 10.9 Å². The van der Waals surface area contributed by atoms with Gasteiger partial charge in [0, 0.05) is 0 Å². The highest BCUT2D eigenvalue weighted by Crippen LogP contribution is 2.29. The fourth-order valence-electron chi connectivity index (χ4n) is 0.782. The molecule has 0 spiro atoms. The molecule has 3 heteroatoms. The van der Waals surface area contributed by atoms with Gasteiger partial charge in [-0.3, -0.25) is 0 Å². The van der Waals surface area contributed by atoms with Crippen molar-refractivity contribution in [1.82, 2.24) is 0 Å². The van der Waals surface area contributed by atoms with Gasteiger partial charge in [-0.05, 0) is 5.56 Å². The minimum absolute atomic E-state index is 0.320. The molecule has 1 atom stereocenters. The van der Waals surface area contributed by atoms with Gasteiger partial charge >= 0.3 is 0 Å². The summed E-state index contributed by atoms with van der Waals surface area (Å²) in [4.78, 5) is -0.556. The summed E-state index contributed by atoms with van der Waals surface area (Å²) >= 11 is 17.1. The van der Waals surface area contributed by atoms with Gasteiger partial charge in [-0.25, -0.2) is 0 Å². The Labute approximate surface area is 81.1 Å². The molecule has 1 aromatic carbocycles. The smallest absolute Gasteiger partial charge is 0.115 e. The van der Waals surface area contributed by atoms with Gasteiger partial charge < -0.3 is 0 Å². The molecule has 0 fully saturated rings. The molecule has 0 saturated heterocycles. The summed E-state index contributed by atoms with van der Waals surface area (Å²) in [6.07, 6.45) is 0. The molecule has 11 heavy (non-hydrogen) atoms. The lowest BCUT2D eigenvalue weighted by molar-refractivity contribution is 1.04. The molecule has 0 saturated carbocycles. The normalized spacial score (nSPS) is 13.5. The van der Waals surface area contributed by atoms with Crippen LogP contribution < -0.4 is 0 Å². The maximum absolute atomic E-state index is 5.88. The van der Waals surface area contributed by atoms with Crippen LogP contribution in [0.15, 0.2) is 30.3 Å². The lowest BCUT2D eigenvalue weighted by atomic mass is 10.2. The van der Waals surface area contributed by atoms with Crippen LogP contribution >= 0.6 is 34.8 Å². The van der Waals surface area contributed by atoms with Crippen LogP contribution in [-0.4, -0.2) is 4.84 Å². The monoisotopic (exact) mass is 208 g/mol. The lowest BCUT2D eigenvalue weighted by Crippen LogP contribution is -1.98. The first-order valence-corrected chi connectivity index (χ1v) is 4.50. The maximum atomic E-state index is 5.88. The van der Waals surface area contributed by atoms with E-state index in [0.29, 0.717) is 0 Å². The molecule has 0 aliphatic carbocycles. The van der Waals surface area contributed by atoms with Crippen molar-refractivity contribution in [3.8, 4) is 0 Å². The van der Waals surface area contributed by atoms with Crippen LogP contribution in [0, 0.1) is 0 Å². The van der Waals surface area contributed by atoms with Crippen molar-refractivity contribution >= 4 is 34.8 Å². The molecule has 60 valence electrons. The largest absolute Gasteiger partial charge is 0.128 e. The molecule has 0 bridgehead atoms. The molecule has 1 rings (SSSR count). The van der Waals surface area contributed by atoms with Crippen LogP contribution in [0.25, 0.3) is 0 Å². The Morgan fingerprint density at radius 3 is 1.91 bits per heavy atom. The standard InChI is InChI=1S/C8H7Cl3/c9-7(8(10)11)6-4-2-1-3-5-6/h1-5,7-8H/t7-/m0/s1. The van der Waals surface area contributed by atoms with Gasteiger partial charge in [-0.1, -0.05) is 30.3 Å². The zero-order valence-corrected chi connectivity index (χ0v) is 7.94. The molecular formula is C8H7Cl3. The van der Waals surface area contributed by atoms with Crippen LogP contribution in [-0.2, 0) is 0 Å². The summed E-state index contributed by atoms with van der Waals surface area (Å²) in [6.45, 7) is 0. The second kappa shape index (κ2) is 4.20. The number of halogens is 3. The van der Waals surface area contributed by atoms with Gasteiger partial charge in [0.1, 0.15) is 4.84 Å². The summed E-state index contributed by atoms with van der Waals surface area (Å²) in [6, 6.07) is 9.52. The van der Waals surface area contributed by atoms with E-state index in [9.17, 15) is 0 Å². The van der Waals surface area contributed by atoms with E-state index in [4.69, 9.17) is 34.8 Å². The van der Waals surface area contributed by atoms with Crippen molar-refractivity contribution in [2.45, 2.75) is 10.2 Å². The number of hydrogen-bond donors (Lipinski definition) is 0. The lowest BCUT2D eigenvalue weighted by Gasteiger charge is -2.09. The molecule has 0 nitrogen and oxygen atoms in total. The summed E-state index contributed by atoms with van der Waals surface area (Å²) in [5.41, 5.74) is 0.948. The SMILES string of the molecule is ClC(Cl)[C@@H](Cl)c1ccccc1. The molecule has 0 heterocycles. The Morgan fingerprint density at radius 2 is 1.45 bits per heavy atom. The van der Waals surface area contributed by atoms with Gasteiger partial charge in [0.15, 0.2) is 0 Å². The Bertz CT molecular complexity index is 208. The highest BCUT2D eigenvalue weighted by Gasteiger charge is 2.14. The van der Waals surface area contributed by atoms with Gasteiger partial charge in [0.2, 0.25) is 0 Å². The quantitative estimate of drug-likeness (QED) is 0.651. The molecular weight excluding hydrogens is 202 g/mol. The zero-order valence-electron chi connectivity index (χ0n) is 5.68. The number of alkyl halides is 3. The molecule has 0 aliphatic rings. The van der Waals surface area contributed by atoms with Gasteiger partial charge in [-0.2, -0.15) is 0 Å². The topological polar surface area (TPSA) is 0 Å². The fourth-order valence-corrected chi connectivity index (χ4v) is 1.22. The number of benzene rings is 1. The first-order valence-electron chi connectivity index (χ1n) is 3.19. The molecule has 0 radical (unpaired) electrons. The van der Waals surface area contributed by atoms with E-state index in [1.165, 1.54) is 0 Å². The zero-order chi connectivity index (χ0) is 8.27. The number of hydrogen-bond acceptors (Lipinski definition) is 0. The Morgan fingerprint density at radius 1 is 0.909 bits per heavy atom. The van der Waals surface area contributed by atoms with Crippen molar-refractivity contribution in [3.05, 3.63) is 35.9 Å². The predicted molar refractivity (Wildman–Crippen MR) is 50.5 cm³/mol. The second-order valence-corrected chi connectivity index (χ2v) is 3.78. The van der Waals surface area contributed by atoms with E-state index in [-0.39, 0.29) is 5.38 Å². The average Bonchev–Trinajstić information content (AvgIpc) is 2.05. The summed E-state index contributed by atoms with van der Waals surface area (Å²) < 4.78 is 0. The van der Waals surface area contributed by atoms with Crippen molar-refractivity contribution in [2.75, 3.05) is 0 Å². The molecule has 0 unspecified atom stereocenters. The Hall–Kier alpha value is 0.0900. The highest BCUT2D eigenvalue weighted by molar-refractivity contribution is 6.48. The van der Waals surface area contributed by atoms with Crippen molar-refractivity contribution in [3.63, 3.8) is 0 Å². The molecule has 0 N–H and O–H groups in total. The maximum Gasteiger partial charge on any atom is 0.128 e. The number of rotatable bonds is 2. The minimum Gasteiger partial charge on any atom is -0.115 e. The van der Waals surface area contributed by atoms with E-state index >= 15 is 0 Å². The Balaban J connectivity index is 2.77. The van der Waals surface area contributed by atoms with E-state index in [1.807, 2.05) is 30.3 Å². The summed E-state index contributed by atoms with van der Waals surface area (Å²) in [5, 5.41) is -0.320. The average molecular weight is 210 g/mol. The third-order valence-electron chi connectivity index (χ3n) is 1.34. The molecule has 0 aromatic heterocycles. The molecule has 0 amide bonds. The summed E-state index contributed by atoms with van der Waals surface area (Å²) in [5.74, 6) is 0. The van der Waals surface area contributed by atoms with Crippen LogP contribution in [0.3, 0.4) is 0 Å². The van der Waals surface area contributed by atoms with Crippen molar-refractivity contribution in [1.29, 1.82) is 0 Å². The van der Waals surface area contributed by atoms with E-state index < -0.39 is 4.84 Å². The first-order chi connectivity index (χ1) is 5.22. The van der Waals surface area contributed by atoms with Gasteiger partial charge in [0.05, 0.1) is 5.38 Å². The summed E-state index contributed by atoms with van der Waals surface area (Å²) in [7, 11) is 0. The van der Waals surface area contributed by atoms with Crippen molar-refractivity contribution in [2.24, 2.45) is 0 Å². The van der Waals surface area contributed by atoms with Crippen LogP contribution in [0.5, 0.6) is 0 Å². The van der Waals surface area contributed by atoms with Crippen LogP contribution in [0.2, 0.25) is 0 Å². The predicted octanol–water partition coefficient (Wildman–Crippen LogP) is 3.77. The third kappa shape index (κ3) is 2.55. The van der Waals surface area contributed by atoms with E-state index in [1.54, 1.807) is 0 Å². The molecule has 0 aliphatic heterocycles.